The van der Waals surface area contributed by atoms with Gasteiger partial charge in [0.25, 0.3) is 0 Å². The van der Waals surface area contributed by atoms with E-state index >= 15 is 0 Å². The molecule has 0 atom stereocenters. The van der Waals surface area contributed by atoms with Crippen LogP contribution in [0.5, 0.6) is 11.5 Å². The van der Waals surface area contributed by atoms with Crippen LogP contribution in [0.3, 0.4) is 0 Å². The van der Waals surface area contributed by atoms with Crippen molar-refractivity contribution in [2.45, 2.75) is 13.8 Å². The van der Waals surface area contributed by atoms with Gasteiger partial charge in [0.05, 0.1) is 12.3 Å². The molecule has 1 heterocycles. The van der Waals surface area contributed by atoms with Gasteiger partial charge in [-0.15, -0.1) is 0 Å². The zero-order valence-electron chi connectivity index (χ0n) is 14.1. The predicted octanol–water partition coefficient (Wildman–Crippen LogP) is 6.21. The minimum absolute atomic E-state index is 0.632. The molecule has 1 aliphatic rings. The number of rotatable bonds is 3. The number of halogens is 1. The zero-order valence-corrected chi connectivity index (χ0v) is 15.7. The van der Waals surface area contributed by atoms with E-state index in [0.29, 0.717) is 6.61 Å². The third kappa shape index (κ3) is 2.87. The van der Waals surface area contributed by atoms with Crippen LogP contribution in [-0.4, -0.2) is 6.61 Å². The number of anilines is 1. The molecule has 0 saturated carbocycles. The lowest BCUT2D eigenvalue weighted by molar-refractivity contribution is 0.341. The Morgan fingerprint density at radius 2 is 1.80 bits per heavy atom. The van der Waals surface area contributed by atoms with Gasteiger partial charge in [-0.25, -0.2) is 5.48 Å². The Morgan fingerprint density at radius 1 is 0.960 bits per heavy atom. The Hall–Kier alpha value is -2.46. The standard InChI is InChI=1S/C21H18BrNO2/c1-3-24-20-9-8-14(22)11-18(20)16-12-19-17(10-13(16)2)15-6-4-5-7-21(15)25-23-19/h4-12,23H,3H2,1-2H3. The fraction of sp³-hybridized carbons (Fsp3) is 0.143. The van der Waals surface area contributed by atoms with Crippen LogP contribution >= 0.6 is 15.9 Å². The predicted molar refractivity (Wildman–Crippen MR) is 105 cm³/mol. The van der Waals surface area contributed by atoms with Gasteiger partial charge < -0.3 is 9.57 Å². The maximum atomic E-state index is 5.83. The molecule has 0 amide bonds. The van der Waals surface area contributed by atoms with Crippen molar-refractivity contribution in [3.8, 4) is 33.8 Å². The molecule has 0 bridgehead atoms. The van der Waals surface area contributed by atoms with Crippen molar-refractivity contribution >= 4 is 21.6 Å². The molecular formula is C21H18BrNO2. The van der Waals surface area contributed by atoms with E-state index in [-0.39, 0.29) is 0 Å². The molecular weight excluding hydrogens is 378 g/mol. The Kier molecular flexibility index (Phi) is 4.14. The Labute approximate surface area is 155 Å². The average Bonchev–Trinajstić information content (AvgIpc) is 2.63. The minimum atomic E-state index is 0.632. The van der Waals surface area contributed by atoms with Crippen LogP contribution in [0.25, 0.3) is 22.3 Å². The molecule has 0 radical (unpaired) electrons. The highest BCUT2D eigenvalue weighted by atomic mass is 79.9. The van der Waals surface area contributed by atoms with Gasteiger partial charge in [0, 0.05) is 21.2 Å². The summed E-state index contributed by atoms with van der Waals surface area (Å²) in [5, 5.41) is 0. The van der Waals surface area contributed by atoms with Crippen LogP contribution in [-0.2, 0) is 0 Å². The van der Waals surface area contributed by atoms with Crippen LogP contribution in [0.4, 0.5) is 5.69 Å². The maximum Gasteiger partial charge on any atom is 0.162 e. The lowest BCUT2D eigenvalue weighted by Gasteiger charge is -2.23. The lowest BCUT2D eigenvalue weighted by Crippen LogP contribution is -2.12. The highest BCUT2D eigenvalue weighted by molar-refractivity contribution is 9.10. The number of ether oxygens (including phenoxy) is 1. The van der Waals surface area contributed by atoms with Gasteiger partial charge in [-0.2, -0.15) is 0 Å². The number of fused-ring (bicyclic) bond motifs is 3. The molecule has 3 nitrogen and oxygen atoms in total. The van der Waals surface area contributed by atoms with Gasteiger partial charge in [0.15, 0.2) is 5.75 Å². The molecule has 0 unspecified atom stereocenters. The minimum Gasteiger partial charge on any atom is -0.493 e. The highest BCUT2D eigenvalue weighted by Crippen LogP contribution is 2.44. The fourth-order valence-corrected chi connectivity index (χ4v) is 3.55. The maximum absolute atomic E-state index is 5.83. The largest absolute Gasteiger partial charge is 0.493 e. The smallest absolute Gasteiger partial charge is 0.162 e. The van der Waals surface area contributed by atoms with E-state index < -0.39 is 0 Å². The van der Waals surface area contributed by atoms with Crippen molar-refractivity contribution in [2.75, 3.05) is 12.1 Å². The van der Waals surface area contributed by atoms with E-state index in [2.05, 4.69) is 52.6 Å². The molecule has 126 valence electrons. The van der Waals surface area contributed by atoms with E-state index in [1.807, 2.05) is 37.3 Å². The molecule has 1 aliphatic heterocycles. The number of para-hydroxylation sites is 1. The van der Waals surface area contributed by atoms with Crippen LogP contribution in [0.15, 0.2) is 59.1 Å². The van der Waals surface area contributed by atoms with E-state index in [4.69, 9.17) is 9.57 Å². The summed E-state index contributed by atoms with van der Waals surface area (Å²) in [5.74, 6) is 1.73. The number of hydrogen-bond donors (Lipinski definition) is 1. The summed E-state index contributed by atoms with van der Waals surface area (Å²) >= 11 is 3.57. The topological polar surface area (TPSA) is 30.5 Å². The van der Waals surface area contributed by atoms with Crippen molar-refractivity contribution in [1.29, 1.82) is 0 Å². The third-order valence-electron chi connectivity index (χ3n) is 4.34. The molecule has 3 aromatic rings. The zero-order chi connectivity index (χ0) is 17.4. The summed E-state index contributed by atoms with van der Waals surface area (Å²) in [7, 11) is 0. The number of hydrogen-bond acceptors (Lipinski definition) is 3. The summed E-state index contributed by atoms with van der Waals surface area (Å²) in [5.41, 5.74) is 9.66. The average molecular weight is 396 g/mol. The summed E-state index contributed by atoms with van der Waals surface area (Å²) < 4.78 is 6.85. The van der Waals surface area contributed by atoms with Gasteiger partial charge >= 0.3 is 0 Å². The summed E-state index contributed by atoms with van der Waals surface area (Å²) in [6.45, 7) is 4.76. The van der Waals surface area contributed by atoms with Crippen molar-refractivity contribution in [3.63, 3.8) is 0 Å². The SMILES string of the molecule is CCOc1ccc(Br)cc1-c1cc2c(cc1C)-c1ccccc1ON2. The molecule has 1 N–H and O–H groups in total. The summed E-state index contributed by atoms with van der Waals surface area (Å²) in [4.78, 5) is 5.69. The summed E-state index contributed by atoms with van der Waals surface area (Å²) in [6.07, 6.45) is 0. The van der Waals surface area contributed by atoms with Gasteiger partial charge in [-0.3, -0.25) is 0 Å². The first-order chi connectivity index (χ1) is 12.2. The molecule has 0 aliphatic carbocycles. The Morgan fingerprint density at radius 3 is 2.64 bits per heavy atom. The van der Waals surface area contributed by atoms with Crippen LogP contribution in [0.1, 0.15) is 12.5 Å². The first-order valence-corrected chi connectivity index (χ1v) is 9.06. The van der Waals surface area contributed by atoms with Crippen LogP contribution < -0.4 is 15.1 Å². The van der Waals surface area contributed by atoms with Crippen LogP contribution in [0.2, 0.25) is 0 Å². The second-order valence-electron chi connectivity index (χ2n) is 5.99. The molecule has 25 heavy (non-hydrogen) atoms. The Balaban J connectivity index is 1.89. The van der Waals surface area contributed by atoms with Gasteiger partial charge in [0.2, 0.25) is 0 Å². The van der Waals surface area contributed by atoms with Gasteiger partial charge in [-0.05, 0) is 61.4 Å². The van der Waals surface area contributed by atoms with Gasteiger partial charge in [-0.1, -0.05) is 34.1 Å². The van der Waals surface area contributed by atoms with Crippen molar-refractivity contribution in [3.05, 3.63) is 64.6 Å². The second kappa shape index (κ2) is 6.45. The highest BCUT2D eigenvalue weighted by Gasteiger charge is 2.20. The first-order valence-electron chi connectivity index (χ1n) is 8.27. The van der Waals surface area contributed by atoms with Crippen molar-refractivity contribution < 1.29 is 9.57 Å². The first kappa shape index (κ1) is 16.0. The number of nitrogens with one attached hydrogen (secondary N) is 1. The monoisotopic (exact) mass is 395 g/mol. The van der Waals surface area contributed by atoms with E-state index in [1.54, 1.807) is 0 Å². The number of aryl methyl sites for hydroxylation is 1. The normalized spacial score (nSPS) is 11.8. The van der Waals surface area contributed by atoms with Crippen molar-refractivity contribution in [2.24, 2.45) is 0 Å². The third-order valence-corrected chi connectivity index (χ3v) is 4.84. The fourth-order valence-electron chi connectivity index (χ4n) is 3.19. The quantitative estimate of drug-likeness (QED) is 0.571. The molecule has 3 aromatic carbocycles. The summed E-state index contributed by atoms with van der Waals surface area (Å²) in [6, 6.07) is 18.5. The molecule has 4 rings (SSSR count). The Bertz CT molecular complexity index is 953. The molecule has 0 fully saturated rings. The second-order valence-corrected chi connectivity index (χ2v) is 6.90. The van der Waals surface area contributed by atoms with Gasteiger partial charge in [0.1, 0.15) is 5.75 Å². The molecule has 4 heteroatoms. The molecule has 0 saturated heterocycles. The van der Waals surface area contributed by atoms with E-state index in [9.17, 15) is 0 Å². The van der Waals surface area contributed by atoms with E-state index in [1.165, 1.54) is 5.56 Å². The lowest BCUT2D eigenvalue weighted by atomic mass is 9.93. The molecule has 0 spiro atoms. The number of benzene rings is 3. The van der Waals surface area contributed by atoms with Crippen molar-refractivity contribution in [1.82, 2.24) is 0 Å². The molecule has 0 aromatic heterocycles. The van der Waals surface area contributed by atoms with E-state index in [0.717, 1.165) is 43.9 Å². The van der Waals surface area contributed by atoms with Crippen LogP contribution in [0, 0.1) is 6.92 Å².